The molecule has 1 N–H and O–H groups in total. The van der Waals surface area contributed by atoms with Gasteiger partial charge in [-0.2, -0.15) is 0 Å². The van der Waals surface area contributed by atoms with Gasteiger partial charge in [-0.05, 0) is 13.3 Å². The molecule has 0 saturated heterocycles. The maximum atomic E-state index is 11.3. The number of nitrogens with zero attached hydrogens (tertiary/aromatic N) is 1. The SMILES string of the molecule is CCCNC(=O)Cn1c(C)csc1=O. The minimum atomic E-state index is -0.101. The standard InChI is InChI=1S/C9H14N2O2S/c1-3-4-10-8(12)5-11-7(2)6-14-9(11)13/h6H,3-5H2,1-2H3,(H,10,12). The molecule has 1 rings (SSSR count). The van der Waals surface area contributed by atoms with Gasteiger partial charge in [-0.1, -0.05) is 18.3 Å². The number of rotatable bonds is 4. The predicted octanol–water partition coefficient (Wildman–Crippen LogP) is 0.744. The largest absolute Gasteiger partial charge is 0.355 e. The molecule has 0 saturated carbocycles. The summed E-state index contributed by atoms with van der Waals surface area (Å²) in [6.07, 6.45) is 0.906. The highest BCUT2D eigenvalue weighted by molar-refractivity contribution is 7.07. The lowest BCUT2D eigenvalue weighted by atomic mass is 10.4. The lowest BCUT2D eigenvalue weighted by Gasteiger charge is -2.04. The van der Waals surface area contributed by atoms with Gasteiger partial charge in [0.25, 0.3) is 0 Å². The van der Waals surface area contributed by atoms with Crippen LogP contribution in [0.5, 0.6) is 0 Å². The van der Waals surface area contributed by atoms with Gasteiger partial charge in [0.05, 0.1) is 0 Å². The Bertz CT molecular complexity index is 367. The summed E-state index contributed by atoms with van der Waals surface area (Å²) in [5, 5.41) is 4.49. The summed E-state index contributed by atoms with van der Waals surface area (Å²) in [7, 11) is 0. The van der Waals surface area contributed by atoms with Gasteiger partial charge in [-0.15, -0.1) is 0 Å². The third-order valence-corrected chi connectivity index (χ3v) is 2.73. The Labute approximate surface area is 86.6 Å². The zero-order valence-corrected chi connectivity index (χ0v) is 9.19. The first kappa shape index (κ1) is 11.0. The molecule has 14 heavy (non-hydrogen) atoms. The second-order valence-corrected chi connectivity index (χ2v) is 3.90. The molecular weight excluding hydrogens is 200 g/mol. The van der Waals surface area contributed by atoms with Crippen LogP contribution in [0.15, 0.2) is 10.2 Å². The molecule has 0 aliphatic carbocycles. The zero-order chi connectivity index (χ0) is 10.6. The molecule has 1 heterocycles. The second kappa shape index (κ2) is 4.95. The normalized spacial score (nSPS) is 10.1. The van der Waals surface area contributed by atoms with E-state index in [9.17, 15) is 9.59 Å². The molecule has 78 valence electrons. The van der Waals surface area contributed by atoms with Gasteiger partial charge in [0.15, 0.2) is 0 Å². The van der Waals surface area contributed by atoms with Crippen molar-refractivity contribution >= 4 is 17.2 Å². The molecule has 0 aliphatic heterocycles. The number of carbonyl (C=O) groups is 1. The fourth-order valence-corrected chi connectivity index (χ4v) is 1.79. The van der Waals surface area contributed by atoms with E-state index in [1.807, 2.05) is 13.8 Å². The number of aromatic nitrogens is 1. The molecule has 1 aromatic heterocycles. The maximum Gasteiger partial charge on any atom is 0.307 e. The Kier molecular flexibility index (Phi) is 3.88. The van der Waals surface area contributed by atoms with Crippen LogP contribution in [0.4, 0.5) is 0 Å². The molecule has 0 aliphatic rings. The quantitative estimate of drug-likeness (QED) is 0.804. The number of carbonyl (C=O) groups excluding carboxylic acids is 1. The summed E-state index contributed by atoms with van der Waals surface area (Å²) in [4.78, 5) is 22.5. The highest BCUT2D eigenvalue weighted by atomic mass is 32.1. The summed E-state index contributed by atoms with van der Waals surface area (Å²) in [5.74, 6) is -0.101. The van der Waals surface area contributed by atoms with E-state index < -0.39 is 0 Å². The van der Waals surface area contributed by atoms with Gasteiger partial charge in [-0.25, -0.2) is 0 Å². The fourth-order valence-electron chi connectivity index (χ4n) is 1.06. The van der Waals surface area contributed by atoms with E-state index in [1.165, 1.54) is 4.57 Å². The summed E-state index contributed by atoms with van der Waals surface area (Å²) >= 11 is 1.12. The van der Waals surface area contributed by atoms with E-state index in [0.717, 1.165) is 23.5 Å². The molecule has 0 radical (unpaired) electrons. The van der Waals surface area contributed by atoms with Crippen molar-refractivity contribution in [3.8, 4) is 0 Å². The van der Waals surface area contributed by atoms with Crippen molar-refractivity contribution in [2.45, 2.75) is 26.8 Å². The molecule has 1 amide bonds. The topological polar surface area (TPSA) is 51.1 Å². The number of aryl methyl sites for hydroxylation is 1. The molecule has 0 atom stereocenters. The summed E-state index contributed by atoms with van der Waals surface area (Å²) in [6.45, 7) is 4.61. The van der Waals surface area contributed by atoms with Gasteiger partial charge >= 0.3 is 4.87 Å². The number of hydrogen-bond acceptors (Lipinski definition) is 3. The Hall–Kier alpha value is -1.10. The highest BCUT2D eigenvalue weighted by Crippen LogP contribution is 1.98. The van der Waals surface area contributed by atoms with E-state index >= 15 is 0 Å². The molecule has 1 aromatic rings. The third-order valence-electron chi connectivity index (χ3n) is 1.85. The van der Waals surface area contributed by atoms with Gasteiger partial charge in [-0.3, -0.25) is 14.2 Å². The second-order valence-electron chi connectivity index (χ2n) is 3.08. The minimum Gasteiger partial charge on any atom is -0.355 e. The molecule has 0 aromatic carbocycles. The maximum absolute atomic E-state index is 11.3. The number of hydrogen-bond donors (Lipinski definition) is 1. The minimum absolute atomic E-state index is 0.0749. The monoisotopic (exact) mass is 214 g/mol. The molecule has 0 bridgehead atoms. The lowest BCUT2D eigenvalue weighted by Crippen LogP contribution is -2.31. The number of thiazole rings is 1. The van der Waals surface area contributed by atoms with Crippen molar-refractivity contribution in [1.29, 1.82) is 0 Å². The van der Waals surface area contributed by atoms with Crippen LogP contribution in [-0.2, 0) is 11.3 Å². The lowest BCUT2D eigenvalue weighted by molar-refractivity contribution is -0.121. The average Bonchev–Trinajstić information content (AvgIpc) is 2.46. The van der Waals surface area contributed by atoms with Crippen LogP contribution in [0.25, 0.3) is 0 Å². The highest BCUT2D eigenvalue weighted by Gasteiger charge is 2.06. The van der Waals surface area contributed by atoms with Crippen molar-refractivity contribution in [3.63, 3.8) is 0 Å². The number of amides is 1. The molecule has 0 unspecified atom stereocenters. The van der Waals surface area contributed by atoms with Gasteiger partial charge in [0, 0.05) is 17.6 Å². The summed E-state index contributed by atoms with van der Waals surface area (Å²) < 4.78 is 1.48. The van der Waals surface area contributed by atoms with E-state index in [-0.39, 0.29) is 17.3 Å². The van der Waals surface area contributed by atoms with E-state index in [4.69, 9.17) is 0 Å². The van der Waals surface area contributed by atoms with E-state index in [2.05, 4.69) is 5.32 Å². The molecular formula is C9H14N2O2S. The van der Waals surface area contributed by atoms with Crippen molar-refractivity contribution in [2.75, 3.05) is 6.54 Å². The van der Waals surface area contributed by atoms with Gasteiger partial charge < -0.3 is 5.32 Å². The van der Waals surface area contributed by atoms with Gasteiger partial charge in [0.1, 0.15) is 6.54 Å². The predicted molar refractivity (Wildman–Crippen MR) is 56.6 cm³/mol. The summed E-state index contributed by atoms with van der Waals surface area (Å²) in [5.41, 5.74) is 0.839. The first-order valence-corrected chi connectivity index (χ1v) is 5.44. The van der Waals surface area contributed by atoms with Crippen molar-refractivity contribution < 1.29 is 4.79 Å². The fraction of sp³-hybridized carbons (Fsp3) is 0.556. The van der Waals surface area contributed by atoms with Crippen LogP contribution in [0.3, 0.4) is 0 Å². The first-order chi connectivity index (χ1) is 6.65. The molecule has 5 heteroatoms. The Balaban J connectivity index is 2.60. The van der Waals surface area contributed by atoms with Gasteiger partial charge in [0.2, 0.25) is 5.91 Å². The average molecular weight is 214 g/mol. The smallest absolute Gasteiger partial charge is 0.307 e. The Morgan fingerprint density at radius 1 is 1.64 bits per heavy atom. The molecule has 4 nitrogen and oxygen atoms in total. The first-order valence-electron chi connectivity index (χ1n) is 4.56. The zero-order valence-electron chi connectivity index (χ0n) is 8.37. The van der Waals surface area contributed by atoms with Crippen molar-refractivity contribution in [1.82, 2.24) is 9.88 Å². The van der Waals surface area contributed by atoms with Crippen LogP contribution < -0.4 is 10.2 Å². The van der Waals surface area contributed by atoms with Crippen LogP contribution in [-0.4, -0.2) is 17.0 Å². The Morgan fingerprint density at radius 2 is 2.36 bits per heavy atom. The molecule has 0 fully saturated rings. The van der Waals surface area contributed by atoms with Crippen LogP contribution >= 0.6 is 11.3 Å². The third kappa shape index (κ3) is 2.70. The number of nitrogens with one attached hydrogen (secondary N) is 1. The van der Waals surface area contributed by atoms with Crippen LogP contribution in [0, 0.1) is 6.92 Å². The van der Waals surface area contributed by atoms with Crippen molar-refractivity contribution in [3.05, 3.63) is 20.7 Å². The molecule has 0 spiro atoms. The van der Waals surface area contributed by atoms with Crippen molar-refractivity contribution in [2.24, 2.45) is 0 Å². The van der Waals surface area contributed by atoms with E-state index in [1.54, 1.807) is 5.38 Å². The Morgan fingerprint density at radius 3 is 2.86 bits per heavy atom. The van der Waals surface area contributed by atoms with E-state index in [0.29, 0.717) is 6.54 Å². The van der Waals surface area contributed by atoms with Crippen LogP contribution in [0.1, 0.15) is 19.0 Å². The van der Waals surface area contributed by atoms with Crippen LogP contribution in [0.2, 0.25) is 0 Å². The summed E-state index contributed by atoms with van der Waals surface area (Å²) in [6, 6.07) is 0.